The molecule has 0 bridgehead atoms. The lowest BCUT2D eigenvalue weighted by atomic mass is 10.1. The maximum atomic E-state index is 12.9. The van der Waals surface area contributed by atoms with Gasteiger partial charge in [0.25, 0.3) is 0 Å². The predicted octanol–water partition coefficient (Wildman–Crippen LogP) is 2.05. The Morgan fingerprint density at radius 3 is 2.86 bits per heavy atom. The van der Waals surface area contributed by atoms with Crippen molar-refractivity contribution < 1.29 is 13.2 Å². The number of hydrogen-bond donors (Lipinski definition) is 1. The third kappa shape index (κ3) is 3.84. The third-order valence-electron chi connectivity index (χ3n) is 3.40. The van der Waals surface area contributed by atoms with E-state index in [-0.39, 0.29) is 6.10 Å². The van der Waals surface area contributed by atoms with E-state index in [1.165, 1.54) is 11.3 Å². The Balaban J connectivity index is 2.27. The van der Waals surface area contributed by atoms with Crippen LogP contribution in [-0.4, -0.2) is 44.1 Å². The Bertz CT molecular complexity index is 581. The maximum absolute atomic E-state index is 12.9. The summed E-state index contributed by atoms with van der Waals surface area (Å²) in [7, 11) is -3.46. The highest BCUT2D eigenvalue weighted by molar-refractivity contribution is 7.89. The first-order valence-corrected chi connectivity index (χ1v) is 9.53. The zero-order valence-corrected chi connectivity index (χ0v) is 14.7. The summed E-state index contributed by atoms with van der Waals surface area (Å²) in [5.74, 6) is 0. The van der Waals surface area contributed by atoms with Gasteiger partial charge in [-0.25, -0.2) is 8.42 Å². The number of nitrogens with one attached hydrogen (secondary N) is 1. The van der Waals surface area contributed by atoms with Gasteiger partial charge in [0.05, 0.1) is 16.6 Å². The van der Waals surface area contributed by atoms with Gasteiger partial charge in [-0.2, -0.15) is 4.31 Å². The van der Waals surface area contributed by atoms with Crippen LogP contribution in [-0.2, 0) is 21.3 Å². The molecule has 1 saturated heterocycles. The van der Waals surface area contributed by atoms with E-state index in [0.717, 1.165) is 11.4 Å². The van der Waals surface area contributed by atoms with Crippen LogP contribution >= 0.6 is 11.3 Å². The molecule has 0 saturated carbocycles. The van der Waals surface area contributed by atoms with Gasteiger partial charge < -0.3 is 10.1 Å². The molecule has 1 aliphatic rings. The van der Waals surface area contributed by atoms with Crippen molar-refractivity contribution in [1.29, 1.82) is 0 Å². The molecule has 5 nitrogen and oxygen atoms in total. The fourth-order valence-corrected chi connectivity index (χ4v) is 5.69. The SMILES string of the molecule is CCNCc1sccc1S(=O)(=O)N1CC(C)OC(C)(C)C1. The average Bonchev–Trinajstić information content (AvgIpc) is 2.82. The standard InChI is InChI=1S/C14H24N2O3S2/c1-5-15-8-12-13(6-7-20-12)21(17,18)16-9-11(2)19-14(3,4)10-16/h6-7,11,15H,5,8-10H2,1-4H3. The molecular formula is C14H24N2O3S2. The van der Waals surface area contributed by atoms with Crippen molar-refractivity contribution in [2.24, 2.45) is 0 Å². The van der Waals surface area contributed by atoms with E-state index < -0.39 is 15.6 Å². The maximum Gasteiger partial charge on any atom is 0.244 e. The number of nitrogens with zero attached hydrogens (tertiary/aromatic N) is 1. The molecule has 0 amide bonds. The van der Waals surface area contributed by atoms with E-state index in [1.54, 1.807) is 10.4 Å². The van der Waals surface area contributed by atoms with Gasteiger partial charge in [-0.1, -0.05) is 6.92 Å². The molecule has 0 radical (unpaired) electrons. The average molecular weight is 332 g/mol. The highest BCUT2D eigenvalue weighted by Crippen LogP contribution is 2.30. The molecule has 1 unspecified atom stereocenters. The highest BCUT2D eigenvalue weighted by atomic mass is 32.2. The summed E-state index contributed by atoms with van der Waals surface area (Å²) in [4.78, 5) is 1.30. The van der Waals surface area contributed by atoms with Crippen molar-refractivity contribution in [3.05, 3.63) is 16.3 Å². The van der Waals surface area contributed by atoms with Crippen LogP contribution in [0, 0.1) is 0 Å². The Kier molecular flexibility index (Phi) is 5.10. The molecule has 1 aromatic rings. The summed E-state index contributed by atoms with van der Waals surface area (Å²) in [5.41, 5.74) is -0.456. The third-order valence-corrected chi connectivity index (χ3v) is 6.34. The molecule has 1 fully saturated rings. The lowest BCUT2D eigenvalue weighted by Gasteiger charge is -2.40. The molecular weight excluding hydrogens is 308 g/mol. The van der Waals surface area contributed by atoms with Gasteiger partial charge in [0.1, 0.15) is 0 Å². The van der Waals surface area contributed by atoms with Crippen molar-refractivity contribution in [2.45, 2.75) is 50.8 Å². The van der Waals surface area contributed by atoms with Crippen molar-refractivity contribution in [1.82, 2.24) is 9.62 Å². The molecule has 21 heavy (non-hydrogen) atoms. The smallest absolute Gasteiger partial charge is 0.244 e. The van der Waals surface area contributed by atoms with Crippen molar-refractivity contribution in [3.63, 3.8) is 0 Å². The van der Waals surface area contributed by atoms with Crippen LogP contribution in [0.2, 0.25) is 0 Å². The molecule has 1 N–H and O–H groups in total. The first-order valence-electron chi connectivity index (χ1n) is 7.21. The van der Waals surface area contributed by atoms with E-state index in [0.29, 0.717) is 24.5 Å². The summed E-state index contributed by atoms with van der Waals surface area (Å²) in [6.07, 6.45) is -0.0978. The van der Waals surface area contributed by atoms with Gasteiger partial charge in [0, 0.05) is 24.5 Å². The minimum atomic E-state index is -3.46. The normalized spacial score (nSPS) is 23.3. The van der Waals surface area contributed by atoms with Crippen molar-refractivity contribution in [3.8, 4) is 0 Å². The van der Waals surface area contributed by atoms with Gasteiger partial charge in [0.2, 0.25) is 10.0 Å². The van der Waals surface area contributed by atoms with E-state index in [2.05, 4.69) is 5.32 Å². The van der Waals surface area contributed by atoms with Gasteiger partial charge in [-0.3, -0.25) is 0 Å². The molecule has 7 heteroatoms. The zero-order chi connectivity index (χ0) is 15.7. The number of hydrogen-bond acceptors (Lipinski definition) is 5. The first kappa shape index (κ1) is 16.9. The summed E-state index contributed by atoms with van der Waals surface area (Å²) < 4.78 is 33.2. The zero-order valence-electron chi connectivity index (χ0n) is 13.0. The molecule has 0 aliphatic carbocycles. The molecule has 2 rings (SSSR count). The van der Waals surface area contributed by atoms with Crippen LogP contribution in [0.15, 0.2) is 16.3 Å². The lowest BCUT2D eigenvalue weighted by molar-refractivity contribution is -0.109. The van der Waals surface area contributed by atoms with Crippen LogP contribution in [0.3, 0.4) is 0 Å². The van der Waals surface area contributed by atoms with Gasteiger partial charge in [0.15, 0.2) is 0 Å². The molecule has 2 heterocycles. The lowest BCUT2D eigenvalue weighted by Crippen LogP contribution is -2.53. The number of morpholine rings is 1. The monoisotopic (exact) mass is 332 g/mol. The quantitative estimate of drug-likeness (QED) is 0.896. The fraction of sp³-hybridized carbons (Fsp3) is 0.714. The Hall–Kier alpha value is -0.470. The first-order chi connectivity index (χ1) is 9.76. The molecule has 0 aromatic carbocycles. The predicted molar refractivity (Wildman–Crippen MR) is 85.1 cm³/mol. The Labute approximate surface area is 131 Å². The van der Waals surface area contributed by atoms with E-state index in [1.807, 2.05) is 33.1 Å². The Morgan fingerprint density at radius 1 is 1.52 bits per heavy atom. The van der Waals surface area contributed by atoms with Gasteiger partial charge in [-0.05, 0) is 38.8 Å². The molecule has 120 valence electrons. The molecule has 0 spiro atoms. The van der Waals surface area contributed by atoms with Crippen LogP contribution in [0.1, 0.15) is 32.6 Å². The van der Waals surface area contributed by atoms with Crippen LogP contribution in [0.4, 0.5) is 0 Å². The minimum Gasteiger partial charge on any atom is -0.370 e. The van der Waals surface area contributed by atoms with Crippen LogP contribution in [0.5, 0.6) is 0 Å². The van der Waals surface area contributed by atoms with E-state index in [4.69, 9.17) is 4.74 Å². The summed E-state index contributed by atoms with van der Waals surface area (Å²) >= 11 is 1.48. The summed E-state index contributed by atoms with van der Waals surface area (Å²) in [6, 6.07) is 1.71. The van der Waals surface area contributed by atoms with Crippen molar-refractivity contribution >= 4 is 21.4 Å². The van der Waals surface area contributed by atoms with Crippen molar-refractivity contribution in [2.75, 3.05) is 19.6 Å². The molecule has 1 atom stereocenters. The van der Waals surface area contributed by atoms with E-state index >= 15 is 0 Å². The highest BCUT2D eigenvalue weighted by Gasteiger charge is 2.38. The van der Waals surface area contributed by atoms with E-state index in [9.17, 15) is 8.42 Å². The topological polar surface area (TPSA) is 58.6 Å². The second-order valence-corrected chi connectivity index (χ2v) is 8.88. The van der Waals surface area contributed by atoms with Crippen LogP contribution < -0.4 is 5.32 Å². The number of ether oxygens (including phenoxy) is 1. The second-order valence-electron chi connectivity index (χ2n) is 5.97. The molecule has 1 aliphatic heterocycles. The number of sulfonamides is 1. The number of thiophene rings is 1. The largest absolute Gasteiger partial charge is 0.370 e. The second kappa shape index (κ2) is 6.34. The summed E-state index contributed by atoms with van der Waals surface area (Å²) in [5, 5.41) is 5.04. The van der Waals surface area contributed by atoms with Gasteiger partial charge in [-0.15, -0.1) is 11.3 Å². The number of rotatable bonds is 5. The molecule has 1 aromatic heterocycles. The fourth-order valence-electron chi connectivity index (χ4n) is 2.64. The minimum absolute atomic E-state index is 0.0978. The van der Waals surface area contributed by atoms with Crippen LogP contribution in [0.25, 0.3) is 0 Å². The Morgan fingerprint density at radius 2 is 2.24 bits per heavy atom. The summed E-state index contributed by atoms with van der Waals surface area (Å²) in [6.45, 7) is 9.98. The van der Waals surface area contributed by atoms with Gasteiger partial charge >= 0.3 is 0 Å².